The second kappa shape index (κ2) is 8.36. The first-order chi connectivity index (χ1) is 13.3. The fourth-order valence-electron chi connectivity index (χ4n) is 2.31. The number of nitro benzene ring substituents is 1. The Hall–Kier alpha value is -2.05. The average molecular weight is 515 g/mol. The van der Waals surface area contributed by atoms with Gasteiger partial charge in [-0.25, -0.2) is 9.88 Å². The number of rotatable bonds is 4. The van der Waals surface area contributed by atoms with E-state index in [4.69, 9.17) is 11.6 Å². The van der Waals surface area contributed by atoms with Crippen LogP contribution in [0.15, 0.2) is 16.6 Å². The molecule has 0 radical (unpaired) electrons. The first-order valence-electron chi connectivity index (χ1n) is 7.82. The van der Waals surface area contributed by atoms with E-state index in [1.165, 1.54) is 20.8 Å². The third-order valence-electron chi connectivity index (χ3n) is 3.55. The number of non-ortho nitro benzene ring substituents is 1. The molecule has 1 aromatic heterocycles. The summed E-state index contributed by atoms with van der Waals surface area (Å²) in [6, 6.07) is 1.90. The zero-order valence-corrected chi connectivity index (χ0v) is 18.2. The number of aryl methyl sites for hydroxylation is 1. The fourth-order valence-corrected chi connectivity index (χ4v) is 4.21. The highest BCUT2D eigenvalue weighted by Gasteiger charge is 2.42. The molecule has 0 aliphatic carbocycles. The first kappa shape index (κ1) is 23.2. The van der Waals surface area contributed by atoms with Crippen molar-refractivity contribution in [2.75, 3.05) is 4.90 Å². The van der Waals surface area contributed by atoms with E-state index >= 15 is 0 Å². The maximum Gasteiger partial charge on any atom is 0.435 e. The van der Waals surface area contributed by atoms with Crippen molar-refractivity contribution in [1.29, 1.82) is 0 Å². The van der Waals surface area contributed by atoms with Gasteiger partial charge in [-0.15, -0.1) is 11.3 Å². The summed E-state index contributed by atoms with van der Waals surface area (Å²) in [5.74, 6) is -2.91. The van der Waals surface area contributed by atoms with Crippen LogP contribution in [0.25, 0.3) is 0 Å². The number of nitro groups is 1. The molecule has 0 bridgehead atoms. The largest absolute Gasteiger partial charge is 0.435 e. The molecular weight excluding hydrogens is 503 g/mol. The lowest BCUT2D eigenvalue weighted by Crippen LogP contribution is -2.40. The molecule has 2 aromatic rings. The summed E-state index contributed by atoms with van der Waals surface area (Å²) in [4.78, 5) is 39.1. The van der Waals surface area contributed by atoms with Gasteiger partial charge >= 0.3 is 6.18 Å². The lowest BCUT2D eigenvalue weighted by molar-refractivity contribution is -0.384. The molecule has 0 saturated heterocycles. The molecule has 13 heteroatoms. The van der Waals surface area contributed by atoms with Gasteiger partial charge in [-0.3, -0.25) is 19.7 Å². The van der Waals surface area contributed by atoms with Crippen LogP contribution in [0.1, 0.15) is 34.2 Å². The van der Waals surface area contributed by atoms with Crippen LogP contribution >= 0.6 is 38.9 Å². The molecule has 0 N–H and O–H groups in total. The number of aromatic nitrogens is 1. The van der Waals surface area contributed by atoms with Crippen LogP contribution in [-0.4, -0.2) is 21.7 Å². The van der Waals surface area contributed by atoms with Crippen molar-refractivity contribution in [2.45, 2.75) is 26.9 Å². The Morgan fingerprint density at radius 3 is 2.38 bits per heavy atom. The molecule has 2 amide bonds. The van der Waals surface area contributed by atoms with Gasteiger partial charge in [0.1, 0.15) is 4.88 Å². The Labute approximate surface area is 179 Å². The highest BCUT2D eigenvalue weighted by Crippen LogP contribution is 2.41. The molecule has 1 aromatic carbocycles. The van der Waals surface area contributed by atoms with Gasteiger partial charge in [-0.1, -0.05) is 25.4 Å². The van der Waals surface area contributed by atoms with Crippen LogP contribution in [-0.2, 0) is 11.0 Å². The summed E-state index contributed by atoms with van der Waals surface area (Å²) in [5.41, 5.74) is -2.14. The SMILES string of the molecule is Cc1nc(C(F)(F)F)c(C(=O)N(C(=O)C(C)C)c2c(Cl)cc([N+](=O)[O-])cc2Br)s1. The van der Waals surface area contributed by atoms with E-state index in [1.807, 2.05) is 0 Å². The molecule has 0 aliphatic heterocycles. The average Bonchev–Trinajstić information content (AvgIpc) is 2.98. The van der Waals surface area contributed by atoms with Crippen LogP contribution in [0.5, 0.6) is 0 Å². The molecule has 1 heterocycles. The molecule has 0 unspecified atom stereocenters. The van der Waals surface area contributed by atoms with Gasteiger partial charge in [0, 0.05) is 18.1 Å². The van der Waals surface area contributed by atoms with Crippen molar-refractivity contribution < 1.29 is 27.7 Å². The van der Waals surface area contributed by atoms with Crippen LogP contribution < -0.4 is 4.90 Å². The number of hydrogen-bond acceptors (Lipinski definition) is 6. The van der Waals surface area contributed by atoms with E-state index in [1.54, 1.807) is 0 Å². The summed E-state index contributed by atoms with van der Waals surface area (Å²) in [5, 5.41) is 10.6. The molecule has 156 valence electrons. The lowest BCUT2D eigenvalue weighted by atomic mass is 10.1. The van der Waals surface area contributed by atoms with Crippen LogP contribution in [0.2, 0.25) is 5.02 Å². The van der Waals surface area contributed by atoms with Crippen molar-refractivity contribution in [3.8, 4) is 0 Å². The van der Waals surface area contributed by atoms with Gasteiger partial charge in [-0.2, -0.15) is 13.2 Å². The number of nitrogens with zero attached hydrogens (tertiary/aromatic N) is 3. The highest BCUT2D eigenvalue weighted by molar-refractivity contribution is 9.10. The third kappa shape index (κ3) is 4.75. The predicted molar refractivity (Wildman–Crippen MR) is 104 cm³/mol. The molecule has 0 fully saturated rings. The Morgan fingerprint density at radius 1 is 1.34 bits per heavy atom. The first-order valence-corrected chi connectivity index (χ1v) is 9.80. The quantitative estimate of drug-likeness (QED) is 0.390. The number of hydrogen-bond donors (Lipinski definition) is 0. The molecule has 2 rings (SSSR count). The molecule has 29 heavy (non-hydrogen) atoms. The second-order valence-corrected chi connectivity index (χ2v) is 8.52. The van der Waals surface area contributed by atoms with Crippen LogP contribution in [0, 0.1) is 23.0 Å². The monoisotopic (exact) mass is 513 g/mol. The van der Waals surface area contributed by atoms with Crippen molar-refractivity contribution in [1.82, 2.24) is 4.98 Å². The van der Waals surface area contributed by atoms with E-state index in [0.717, 1.165) is 12.1 Å². The minimum absolute atomic E-state index is 0.0218. The van der Waals surface area contributed by atoms with E-state index in [9.17, 15) is 32.9 Å². The maximum absolute atomic E-state index is 13.3. The Kier molecular flexibility index (Phi) is 6.70. The zero-order chi connectivity index (χ0) is 22.3. The molecule has 0 aliphatic rings. The number of carbonyl (C=O) groups is 2. The number of amides is 2. The number of alkyl halides is 3. The number of benzene rings is 1. The maximum atomic E-state index is 13.3. The number of imide groups is 1. The second-order valence-electron chi connectivity index (χ2n) is 6.06. The number of anilines is 1. The normalized spacial score (nSPS) is 11.6. The molecular formula is C16H12BrClF3N3O4S. The van der Waals surface area contributed by atoms with Crippen molar-refractivity contribution in [3.05, 3.63) is 47.3 Å². The minimum Gasteiger partial charge on any atom is -0.274 e. The Balaban J connectivity index is 2.74. The summed E-state index contributed by atoms with van der Waals surface area (Å²) in [6.07, 6.45) is -4.92. The number of thiazole rings is 1. The Bertz CT molecular complexity index is 987. The third-order valence-corrected chi connectivity index (χ3v) is 5.40. The van der Waals surface area contributed by atoms with E-state index in [2.05, 4.69) is 20.9 Å². The van der Waals surface area contributed by atoms with E-state index < -0.39 is 45.1 Å². The van der Waals surface area contributed by atoms with Gasteiger partial charge in [0.05, 0.1) is 25.1 Å². The van der Waals surface area contributed by atoms with Gasteiger partial charge in [0.15, 0.2) is 5.69 Å². The van der Waals surface area contributed by atoms with E-state index in [0.29, 0.717) is 16.2 Å². The number of carbonyl (C=O) groups excluding carboxylic acids is 2. The summed E-state index contributed by atoms with van der Waals surface area (Å²) in [6.45, 7) is 4.18. The molecule has 0 saturated carbocycles. The molecule has 7 nitrogen and oxygen atoms in total. The summed E-state index contributed by atoms with van der Waals surface area (Å²) >= 11 is 9.57. The van der Waals surface area contributed by atoms with Crippen molar-refractivity contribution >= 4 is 62.1 Å². The van der Waals surface area contributed by atoms with Crippen molar-refractivity contribution in [2.24, 2.45) is 5.92 Å². The predicted octanol–water partition coefficient (Wildman–Crippen LogP) is 5.62. The van der Waals surface area contributed by atoms with Gasteiger partial charge in [0.25, 0.3) is 11.6 Å². The summed E-state index contributed by atoms with van der Waals surface area (Å²) < 4.78 is 39.9. The minimum atomic E-state index is -4.92. The lowest BCUT2D eigenvalue weighted by Gasteiger charge is -2.24. The molecule has 0 atom stereocenters. The van der Waals surface area contributed by atoms with Gasteiger partial charge in [-0.05, 0) is 22.9 Å². The summed E-state index contributed by atoms with van der Waals surface area (Å²) in [7, 11) is 0. The van der Waals surface area contributed by atoms with Gasteiger partial charge < -0.3 is 0 Å². The molecule has 0 spiro atoms. The number of halogens is 5. The standard InChI is InChI=1S/C16H12BrClF3N3O4S/c1-6(2)14(25)23(11-9(17)4-8(24(27)28)5-10(11)18)15(26)12-13(16(19,20)21)22-7(3)29-12/h4-6H,1-3H3. The van der Waals surface area contributed by atoms with Crippen LogP contribution in [0.4, 0.5) is 24.5 Å². The smallest absolute Gasteiger partial charge is 0.274 e. The van der Waals surface area contributed by atoms with Crippen LogP contribution in [0.3, 0.4) is 0 Å². The topological polar surface area (TPSA) is 93.4 Å². The van der Waals surface area contributed by atoms with Gasteiger partial charge in [0.2, 0.25) is 5.91 Å². The zero-order valence-electron chi connectivity index (χ0n) is 15.0. The fraction of sp³-hybridized carbons (Fsp3) is 0.312. The highest BCUT2D eigenvalue weighted by atomic mass is 79.9. The van der Waals surface area contributed by atoms with Crippen molar-refractivity contribution in [3.63, 3.8) is 0 Å². The van der Waals surface area contributed by atoms with E-state index in [-0.39, 0.29) is 20.2 Å². The Morgan fingerprint density at radius 2 is 1.93 bits per heavy atom.